The van der Waals surface area contributed by atoms with Crippen molar-refractivity contribution in [3.05, 3.63) is 5.21 Å². The van der Waals surface area contributed by atoms with Gasteiger partial charge in [0.2, 0.25) is 0 Å². The number of rotatable bonds is 2. The Morgan fingerprint density at radius 3 is 2.14 bits per heavy atom. The quantitative estimate of drug-likeness (QED) is 0.339. The molecule has 3 amide bonds. The van der Waals surface area contributed by atoms with Crippen molar-refractivity contribution in [1.82, 2.24) is 4.90 Å². The van der Waals surface area contributed by atoms with Crippen LogP contribution < -0.4 is 0 Å². The summed E-state index contributed by atoms with van der Waals surface area (Å²) < 4.78 is -1.67. The molecule has 1 fully saturated rings. The zero-order chi connectivity index (χ0) is 11.1. The summed E-state index contributed by atoms with van der Waals surface area (Å²) in [5.41, 5.74) is -1.59. The lowest BCUT2D eigenvalue weighted by Crippen LogP contribution is -2.58. The molecular formula is C7H12N2O5. The number of carbonyl (C=O) groups is 2. The lowest BCUT2D eigenvalue weighted by atomic mass is 10.0. The second kappa shape index (κ2) is 2.99. The summed E-state index contributed by atoms with van der Waals surface area (Å²) >= 11 is 0. The summed E-state index contributed by atoms with van der Waals surface area (Å²) in [6, 6.07) is -1.13. The van der Waals surface area contributed by atoms with E-state index in [1.165, 1.54) is 13.8 Å². The van der Waals surface area contributed by atoms with Crippen LogP contribution in [0, 0.1) is 5.21 Å². The Balaban J connectivity index is 3.23. The van der Waals surface area contributed by atoms with E-state index in [4.69, 9.17) is 10.2 Å². The number of nitrogens with zero attached hydrogens (tertiary/aromatic N) is 2. The molecule has 0 aromatic heterocycles. The van der Waals surface area contributed by atoms with Gasteiger partial charge in [0.1, 0.15) is 6.73 Å². The van der Waals surface area contributed by atoms with Crippen molar-refractivity contribution in [3.63, 3.8) is 0 Å². The number of hydroxylamine groups is 3. The van der Waals surface area contributed by atoms with Gasteiger partial charge in [-0.05, 0) is 0 Å². The first kappa shape index (κ1) is 11.1. The van der Waals surface area contributed by atoms with Gasteiger partial charge >= 0.3 is 6.03 Å². The van der Waals surface area contributed by atoms with Crippen molar-refractivity contribution < 1.29 is 24.4 Å². The van der Waals surface area contributed by atoms with Crippen molar-refractivity contribution in [2.45, 2.75) is 19.4 Å². The Bertz CT molecular complexity index is 290. The molecule has 1 heterocycles. The highest BCUT2D eigenvalue weighted by molar-refractivity contribution is 6.01. The van der Waals surface area contributed by atoms with Gasteiger partial charge in [0, 0.05) is 13.8 Å². The molecule has 1 rings (SSSR count). The van der Waals surface area contributed by atoms with Gasteiger partial charge in [0.25, 0.3) is 5.91 Å². The van der Waals surface area contributed by atoms with Crippen molar-refractivity contribution >= 4 is 11.9 Å². The topological polar surface area (TPSA) is 101 Å². The zero-order valence-corrected chi connectivity index (χ0v) is 7.93. The molecule has 0 aromatic carbocycles. The summed E-state index contributed by atoms with van der Waals surface area (Å²) in [5.74, 6) is -0.783. The van der Waals surface area contributed by atoms with Crippen LogP contribution in [0.1, 0.15) is 13.8 Å². The van der Waals surface area contributed by atoms with Gasteiger partial charge in [-0.3, -0.25) is 4.79 Å². The maximum absolute atomic E-state index is 11.8. The molecule has 7 nitrogen and oxygen atoms in total. The Hall–Kier alpha value is -1.02. The number of aliphatic hydroxyl groups is 2. The van der Waals surface area contributed by atoms with Gasteiger partial charge in [0.05, 0.1) is 0 Å². The molecule has 0 saturated carbocycles. The Morgan fingerprint density at radius 2 is 1.93 bits per heavy atom. The molecular weight excluding hydrogens is 192 g/mol. The Kier molecular flexibility index (Phi) is 2.36. The second-order valence-electron chi connectivity index (χ2n) is 3.60. The third-order valence-corrected chi connectivity index (χ3v) is 2.55. The molecule has 14 heavy (non-hydrogen) atoms. The third kappa shape index (κ3) is 1.01. The molecule has 0 bridgehead atoms. The van der Waals surface area contributed by atoms with Gasteiger partial charge in [-0.2, -0.15) is 0 Å². The van der Waals surface area contributed by atoms with Crippen LogP contribution in [0.2, 0.25) is 0 Å². The summed E-state index contributed by atoms with van der Waals surface area (Å²) in [4.78, 5) is 23.3. The number of quaternary nitrogens is 1. The molecule has 1 aliphatic rings. The Morgan fingerprint density at radius 1 is 1.43 bits per heavy atom. The van der Waals surface area contributed by atoms with E-state index in [0.29, 0.717) is 4.90 Å². The fourth-order valence-corrected chi connectivity index (χ4v) is 1.37. The maximum atomic E-state index is 11.8. The van der Waals surface area contributed by atoms with E-state index in [1.54, 1.807) is 0 Å². The molecule has 0 aromatic rings. The zero-order valence-electron chi connectivity index (χ0n) is 7.93. The predicted octanol–water partition coefficient (Wildman–Crippen LogP) is -1.06. The van der Waals surface area contributed by atoms with Crippen LogP contribution in [0.5, 0.6) is 0 Å². The van der Waals surface area contributed by atoms with E-state index >= 15 is 0 Å². The highest BCUT2D eigenvalue weighted by Crippen LogP contribution is 2.33. The molecule has 0 spiro atoms. The van der Waals surface area contributed by atoms with Crippen LogP contribution >= 0.6 is 0 Å². The van der Waals surface area contributed by atoms with Crippen molar-refractivity contribution in [3.8, 4) is 0 Å². The monoisotopic (exact) mass is 204 g/mol. The van der Waals surface area contributed by atoms with Crippen molar-refractivity contribution in [2.75, 3.05) is 13.5 Å². The van der Waals surface area contributed by atoms with Crippen molar-refractivity contribution in [2.24, 2.45) is 0 Å². The van der Waals surface area contributed by atoms with Gasteiger partial charge in [-0.1, -0.05) is 0 Å². The molecule has 1 atom stereocenters. The first-order chi connectivity index (χ1) is 6.32. The van der Waals surface area contributed by atoms with Crippen molar-refractivity contribution in [1.29, 1.82) is 0 Å². The number of carbonyl (C=O) groups excluding carboxylic acids is 2. The summed E-state index contributed by atoms with van der Waals surface area (Å²) in [6.07, 6.45) is 0. The van der Waals surface area contributed by atoms with E-state index < -0.39 is 35.6 Å². The number of imide groups is 1. The fraction of sp³-hybridized carbons (Fsp3) is 0.714. The SMILES string of the molecule is CC1(C)C(=O)N(CO)C(=O)[N+]1([O-])CO. The first-order valence-corrected chi connectivity index (χ1v) is 4.00. The highest BCUT2D eigenvalue weighted by atomic mass is 16.6. The van der Waals surface area contributed by atoms with Gasteiger partial charge < -0.3 is 15.4 Å². The van der Waals surface area contributed by atoms with Gasteiger partial charge in [-0.25, -0.2) is 14.3 Å². The second-order valence-corrected chi connectivity index (χ2v) is 3.60. The average Bonchev–Trinajstić information content (AvgIpc) is 2.27. The number of hydrogen-bond acceptors (Lipinski definition) is 5. The number of urea groups is 1. The molecule has 1 unspecified atom stereocenters. The summed E-state index contributed by atoms with van der Waals surface area (Å²) in [5, 5.41) is 29.4. The predicted molar refractivity (Wildman–Crippen MR) is 44.1 cm³/mol. The van der Waals surface area contributed by atoms with Gasteiger partial charge in [0.15, 0.2) is 12.3 Å². The normalized spacial score (nSPS) is 31.4. The number of hydrogen-bond donors (Lipinski definition) is 2. The maximum Gasteiger partial charge on any atom is 0.430 e. The van der Waals surface area contributed by atoms with Gasteiger partial charge in [-0.15, -0.1) is 0 Å². The van der Waals surface area contributed by atoms with E-state index in [0.717, 1.165) is 0 Å². The van der Waals surface area contributed by atoms with Crippen LogP contribution in [0.25, 0.3) is 0 Å². The van der Waals surface area contributed by atoms with E-state index in [2.05, 4.69) is 0 Å². The average molecular weight is 204 g/mol. The molecule has 1 aliphatic heterocycles. The lowest BCUT2D eigenvalue weighted by Gasteiger charge is -2.41. The first-order valence-electron chi connectivity index (χ1n) is 4.00. The lowest BCUT2D eigenvalue weighted by molar-refractivity contribution is -0.854. The highest BCUT2D eigenvalue weighted by Gasteiger charge is 2.61. The third-order valence-electron chi connectivity index (χ3n) is 2.55. The van der Waals surface area contributed by atoms with Crippen LogP contribution in [0.15, 0.2) is 0 Å². The minimum absolute atomic E-state index is 0.434. The largest absolute Gasteiger partial charge is 0.621 e. The molecule has 0 aliphatic carbocycles. The van der Waals surface area contributed by atoms with E-state index in [-0.39, 0.29) is 0 Å². The number of aliphatic hydroxyl groups excluding tert-OH is 2. The van der Waals surface area contributed by atoms with Crippen LogP contribution in [-0.4, -0.2) is 50.7 Å². The smallest absolute Gasteiger partial charge is 0.430 e. The fourth-order valence-electron chi connectivity index (χ4n) is 1.37. The summed E-state index contributed by atoms with van der Waals surface area (Å²) in [6.45, 7) is 0.648. The van der Waals surface area contributed by atoms with Crippen LogP contribution in [0.4, 0.5) is 4.79 Å². The summed E-state index contributed by atoms with van der Waals surface area (Å²) in [7, 11) is 0. The standard InChI is InChI=1S/C7H12N2O5/c1-7(2)5(12)8(3-10)6(13)9(7,14)4-11/h10-11H,3-4H2,1-2H3. The molecule has 0 radical (unpaired) electrons. The Labute approximate surface area is 80.3 Å². The van der Waals surface area contributed by atoms with Crippen LogP contribution in [-0.2, 0) is 4.79 Å². The minimum atomic E-state index is -1.67. The number of amides is 3. The van der Waals surface area contributed by atoms with E-state index in [1.807, 2.05) is 0 Å². The molecule has 80 valence electrons. The minimum Gasteiger partial charge on any atom is -0.621 e. The molecule has 2 N–H and O–H groups in total. The van der Waals surface area contributed by atoms with Crippen LogP contribution in [0.3, 0.4) is 0 Å². The molecule has 1 saturated heterocycles. The molecule has 7 heteroatoms. The van der Waals surface area contributed by atoms with E-state index in [9.17, 15) is 14.8 Å².